The summed E-state index contributed by atoms with van der Waals surface area (Å²) in [5, 5.41) is 2.82. The van der Waals surface area contributed by atoms with Crippen molar-refractivity contribution in [1.82, 2.24) is 10.2 Å². The molecule has 2 amide bonds. The molecule has 0 saturated carbocycles. The molecule has 0 aliphatic carbocycles. The predicted molar refractivity (Wildman–Crippen MR) is 134 cm³/mol. The fraction of sp³-hybridized carbons (Fsp3) is 0.440. The fourth-order valence-electron chi connectivity index (χ4n) is 3.51. The third kappa shape index (κ3) is 6.96. The van der Waals surface area contributed by atoms with Crippen LogP contribution in [0.2, 0.25) is 0 Å². The highest BCUT2D eigenvalue weighted by atomic mass is 32.2. The van der Waals surface area contributed by atoms with E-state index in [-0.39, 0.29) is 12.5 Å². The number of nitrogens with one attached hydrogen (secondary N) is 1. The molecule has 186 valence electrons. The van der Waals surface area contributed by atoms with E-state index >= 15 is 0 Å². The Labute approximate surface area is 202 Å². The largest absolute Gasteiger partial charge is 0.497 e. The quantitative estimate of drug-likeness (QED) is 0.523. The smallest absolute Gasteiger partial charge is 0.244 e. The molecule has 2 rings (SSSR count). The van der Waals surface area contributed by atoms with Crippen LogP contribution in [-0.2, 0) is 26.2 Å². The van der Waals surface area contributed by atoms with Crippen molar-refractivity contribution >= 4 is 27.5 Å². The zero-order valence-electron chi connectivity index (χ0n) is 20.8. The van der Waals surface area contributed by atoms with E-state index in [0.717, 1.165) is 33.7 Å². The van der Waals surface area contributed by atoms with Crippen LogP contribution in [0.25, 0.3) is 0 Å². The van der Waals surface area contributed by atoms with Crippen molar-refractivity contribution in [1.29, 1.82) is 0 Å². The zero-order valence-corrected chi connectivity index (χ0v) is 21.6. The second kappa shape index (κ2) is 11.9. The number of carbonyl (C=O) groups is 2. The van der Waals surface area contributed by atoms with E-state index in [9.17, 15) is 18.0 Å². The number of carbonyl (C=O) groups excluding carboxylic acids is 2. The van der Waals surface area contributed by atoms with Gasteiger partial charge in [0.2, 0.25) is 21.8 Å². The Hall–Kier alpha value is -3.07. The SMILES string of the molecule is CCCNC(=O)[C@H](C)N(Cc1ccc(OC)cc1)C(=O)CN(c1cccc(C)c1C)S(C)(=O)=O. The lowest BCUT2D eigenvalue weighted by molar-refractivity contribution is -0.139. The molecular formula is C25H35N3O5S. The molecule has 0 unspecified atom stereocenters. The molecule has 2 aromatic carbocycles. The van der Waals surface area contributed by atoms with E-state index in [1.54, 1.807) is 38.3 Å². The normalized spacial score (nSPS) is 12.1. The van der Waals surface area contributed by atoms with Crippen molar-refractivity contribution < 1.29 is 22.7 Å². The van der Waals surface area contributed by atoms with E-state index in [0.29, 0.717) is 18.0 Å². The van der Waals surface area contributed by atoms with Gasteiger partial charge in [-0.05, 0) is 62.1 Å². The van der Waals surface area contributed by atoms with Gasteiger partial charge in [0.1, 0.15) is 18.3 Å². The molecule has 1 atom stereocenters. The Morgan fingerprint density at radius 3 is 2.29 bits per heavy atom. The van der Waals surface area contributed by atoms with Gasteiger partial charge in [-0.1, -0.05) is 31.2 Å². The first-order valence-corrected chi connectivity index (χ1v) is 13.1. The van der Waals surface area contributed by atoms with Gasteiger partial charge in [-0.2, -0.15) is 0 Å². The average molecular weight is 490 g/mol. The van der Waals surface area contributed by atoms with Crippen molar-refractivity contribution in [3.63, 3.8) is 0 Å². The van der Waals surface area contributed by atoms with E-state index < -0.39 is 28.5 Å². The highest BCUT2D eigenvalue weighted by Gasteiger charge is 2.30. The van der Waals surface area contributed by atoms with Gasteiger partial charge in [0, 0.05) is 13.1 Å². The molecular weight excluding hydrogens is 454 g/mol. The number of hydrogen-bond acceptors (Lipinski definition) is 5. The lowest BCUT2D eigenvalue weighted by Crippen LogP contribution is -2.51. The first kappa shape index (κ1) is 27.2. The zero-order chi connectivity index (χ0) is 25.5. The minimum atomic E-state index is -3.76. The Balaban J connectivity index is 2.40. The van der Waals surface area contributed by atoms with Crippen LogP contribution < -0.4 is 14.4 Å². The number of ether oxygens (including phenoxy) is 1. The lowest BCUT2D eigenvalue weighted by atomic mass is 10.1. The molecule has 0 aliphatic heterocycles. The Morgan fingerprint density at radius 2 is 1.74 bits per heavy atom. The number of hydrogen-bond donors (Lipinski definition) is 1. The van der Waals surface area contributed by atoms with Gasteiger partial charge in [-0.25, -0.2) is 8.42 Å². The number of benzene rings is 2. The van der Waals surface area contributed by atoms with Crippen molar-refractivity contribution in [3.8, 4) is 5.75 Å². The molecule has 8 nitrogen and oxygen atoms in total. The lowest BCUT2D eigenvalue weighted by Gasteiger charge is -2.32. The van der Waals surface area contributed by atoms with Crippen LogP contribution in [0.15, 0.2) is 42.5 Å². The number of aryl methyl sites for hydroxylation is 1. The number of anilines is 1. The van der Waals surface area contributed by atoms with Gasteiger partial charge >= 0.3 is 0 Å². The Bertz CT molecular complexity index is 1100. The standard InChI is InChI=1S/C25H35N3O5S/c1-7-15-26-25(30)20(4)27(16-21-11-13-22(33-5)14-12-21)24(29)17-28(34(6,31)32)23-10-8-9-18(2)19(23)3/h8-14,20H,7,15-17H2,1-6H3,(H,26,30)/t20-/m0/s1. The van der Waals surface area contributed by atoms with Gasteiger partial charge in [0.15, 0.2) is 0 Å². The number of methoxy groups -OCH3 is 1. The molecule has 1 N–H and O–H groups in total. The van der Waals surface area contributed by atoms with Crippen molar-refractivity contribution in [3.05, 3.63) is 59.2 Å². The van der Waals surface area contributed by atoms with Gasteiger partial charge in [0.25, 0.3) is 0 Å². The second-order valence-corrected chi connectivity index (χ2v) is 10.2. The molecule has 9 heteroatoms. The molecule has 0 spiro atoms. The van der Waals surface area contributed by atoms with Gasteiger partial charge in [0.05, 0.1) is 19.1 Å². The highest BCUT2D eigenvalue weighted by molar-refractivity contribution is 7.92. The summed E-state index contributed by atoms with van der Waals surface area (Å²) in [7, 11) is -2.19. The molecule has 2 aromatic rings. The molecule has 0 bridgehead atoms. The average Bonchev–Trinajstić information content (AvgIpc) is 2.80. The maximum atomic E-state index is 13.5. The summed E-state index contributed by atoms with van der Waals surface area (Å²) in [5.41, 5.74) is 2.93. The fourth-order valence-corrected chi connectivity index (χ4v) is 4.41. The number of sulfonamides is 1. The summed E-state index contributed by atoms with van der Waals surface area (Å²) in [6.45, 7) is 7.53. The summed E-state index contributed by atoms with van der Waals surface area (Å²) < 4.78 is 31.7. The molecule has 0 fully saturated rings. The summed E-state index contributed by atoms with van der Waals surface area (Å²) in [6, 6.07) is 11.7. The van der Waals surface area contributed by atoms with E-state index in [2.05, 4.69) is 5.32 Å². The summed E-state index contributed by atoms with van der Waals surface area (Å²) in [5.74, 6) is -0.0869. The van der Waals surface area contributed by atoms with Crippen LogP contribution in [-0.4, -0.2) is 57.6 Å². The first-order valence-electron chi connectivity index (χ1n) is 11.2. The van der Waals surface area contributed by atoms with E-state index in [1.165, 1.54) is 4.90 Å². The molecule has 0 heterocycles. The number of nitrogens with zero attached hydrogens (tertiary/aromatic N) is 2. The molecule has 0 radical (unpaired) electrons. The van der Waals surface area contributed by atoms with E-state index in [1.807, 2.05) is 39.0 Å². The van der Waals surface area contributed by atoms with Crippen LogP contribution in [0.1, 0.15) is 37.0 Å². The molecule has 0 saturated heterocycles. The van der Waals surface area contributed by atoms with E-state index in [4.69, 9.17) is 4.74 Å². The highest BCUT2D eigenvalue weighted by Crippen LogP contribution is 2.25. The monoisotopic (exact) mass is 489 g/mol. The van der Waals surface area contributed by atoms with Gasteiger partial charge < -0.3 is 15.0 Å². The maximum absolute atomic E-state index is 13.5. The molecule has 0 aromatic heterocycles. The van der Waals surface area contributed by atoms with Gasteiger partial charge in [-0.3, -0.25) is 13.9 Å². The van der Waals surface area contributed by atoms with Crippen LogP contribution in [0, 0.1) is 13.8 Å². The number of amides is 2. The second-order valence-electron chi connectivity index (χ2n) is 8.33. The minimum Gasteiger partial charge on any atom is -0.497 e. The van der Waals surface area contributed by atoms with Crippen LogP contribution in [0.4, 0.5) is 5.69 Å². The van der Waals surface area contributed by atoms with Crippen LogP contribution >= 0.6 is 0 Å². The Morgan fingerprint density at radius 1 is 1.09 bits per heavy atom. The third-order valence-corrected chi connectivity index (χ3v) is 6.88. The molecule has 0 aliphatic rings. The summed E-state index contributed by atoms with van der Waals surface area (Å²) in [6.07, 6.45) is 1.84. The first-order chi connectivity index (χ1) is 16.0. The predicted octanol–water partition coefficient (Wildman–Crippen LogP) is 3.02. The Kier molecular flexibility index (Phi) is 9.49. The van der Waals surface area contributed by atoms with Crippen molar-refractivity contribution in [2.24, 2.45) is 0 Å². The van der Waals surface area contributed by atoms with Crippen LogP contribution in [0.3, 0.4) is 0 Å². The van der Waals surface area contributed by atoms with Crippen molar-refractivity contribution in [2.75, 3.05) is 30.8 Å². The maximum Gasteiger partial charge on any atom is 0.244 e. The number of rotatable bonds is 11. The van der Waals surface area contributed by atoms with Crippen molar-refractivity contribution in [2.45, 2.75) is 46.7 Å². The summed E-state index contributed by atoms with van der Waals surface area (Å²) >= 11 is 0. The third-order valence-electron chi connectivity index (χ3n) is 5.75. The topological polar surface area (TPSA) is 96.0 Å². The molecule has 34 heavy (non-hydrogen) atoms. The van der Waals surface area contributed by atoms with Crippen LogP contribution in [0.5, 0.6) is 5.75 Å². The summed E-state index contributed by atoms with van der Waals surface area (Å²) in [4.78, 5) is 27.7. The van der Waals surface area contributed by atoms with Gasteiger partial charge in [-0.15, -0.1) is 0 Å². The minimum absolute atomic E-state index is 0.147.